The van der Waals surface area contributed by atoms with Gasteiger partial charge in [0.25, 0.3) is 5.24 Å². The summed E-state index contributed by atoms with van der Waals surface area (Å²) < 4.78 is 0. The van der Waals surface area contributed by atoms with Crippen LogP contribution in [-0.4, -0.2) is 11.1 Å². The fourth-order valence-corrected chi connectivity index (χ4v) is 1.48. The van der Waals surface area contributed by atoms with Crippen molar-refractivity contribution in [1.82, 2.24) is 0 Å². The van der Waals surface area contributed by atoms with Crippen molar-refractivity contribution in [3.8, 4) is 0 Å². The van der Waals surface area contributed by atoms with E-state index in [4.69, 9.17) is 11.6 Å². The Bertz CT molecular complexity index is 415. The Labute approximate surface area is 99.8 Å². The topological polar surface area (TPSA) is 46.2 Å². The summed E-state index contributed by atoms with van der Waals surface area (Å²) in [6, 6.07) is 4.96. The van der Waals surface area contributed by atoms with Crippen LogP contribution in [0.25, 0.3) is 0 Å². The molecule has 3 nitrogen and oxygen atoms in total. The van der Waals surface area contributed by atoms with E-state index in [0.29, 0.717) is 12.0 Å². The van der Waals surface area contributed by atoms with Crippen molar-refractivity contribution in [1.29, 1.82) is 0 Å². The van der Waals surface area contributed by atoms with E-state index >= 15 is 0 Å². The van der Waals surface area contributed by atoms with Crippen LogP contribution in [-0.2, 0) is 4.79 Å². The lowest BCUT2D eigenvalue weighted by atomic mass is 10.1. The van der Waals surface area contributed by atoms with Gasteiger partial charge in [-0.25, -0.2) is 0 Å². The van der Waals surface area contributed by atoms with E-state index in [2.05, 4.69) is 5.32 Å². The third-order valence-electron chi connectivity index (χ3n) is 2.20. The number of anilines is 1. The second-order valence-corrected chi connectivity index (χ2v) is 3.94. The number of amides is 1. The van der Waals surface area contributed by atoms with Crippen LogP contribution >= 0.6 is 11.6 Å². The quantitative estimate of drug-likeness (QED) is 0.821. The minimum Gasteiger partial charge on any atom is -0.326 e. The highest BCUT2D eigenvalue weighted by Crippen LogP contribution is 2.18. The van der Waals surface area contributed by atoms with Gasteiger partial charge in [-0.05, 0) is 48.7 Å². The highest BCUT2D eigenvalue weighted by Gasteiger charge is 2.07. The molecule has 0 saturated carbocycles. The van der Waals surface area contributed by atoms with E-state index in [1.807, 2.05) is 13.8 Å². The largest absolute Gasteiger partial charge is 0.326 e. The molecule has 0 atom stereocenters. The smallest absolute Gasteiger partial charge is 0.252 e. The van der Waals surface area contributed by atoms with E-state index in [-0.39, 0.29) is 5.91 Å². The number of hydrogen-bond acceptors (Lipinski definition) is 2. The number of halogens is 1. The van der Waals surface area contributed by atoms with Gasteiger partial charge in [-0.15, -0.1) is 0 Å². The molecule has 0 aliphatic heterocycles. The van der Waals surface area contributed by atoms with Crippen LogP contribution in [0.5, 0.6) is 0 Å². The number of carbonyl (C=O) groups excluding carboxylic acids is 2. The number of carbonyl (C=O) groups is 2. The average molecular weight is 240 g/mol. The zero-order chi connectivity index (χ0) is 12.1. The number of benzene rings is 1. The molecule has 0 spiro atoms. The Hall–Kier alpha value is -1.35. The summed E-state index contributed by atoms with van der Waals surface area (Å²) in [7, 11) is 0. The van der Waals surface area contributed by atoms with Gasteiger partial charge in [-0.2, -0.15) is 0 Å². The monoisotopic (exact) mass is 239 g/mol. The van der Waals surface area contributed by atoms with Crippen molar-refractivity contribution >= 4 is 28.4 Å². The van der Waals surface area contributed by atoms with Gasteiger partial charge in [-0.3, -0.25) is 9.59 Å². The van der Waals surface area contributed by atoms with Crippen LogP contribution in [0, 0.1) is 6.92 Å². The van der Waals surface area contributed by atoms with E-state index in [9.17, 15) is 9.59 Å². The minimum atomic E-state index is -0.491. The summed E-state index contributed by atoms with van der Waals surface area (Å²) in [4.78, 5) is 22.3. The highest BCUT2D eigenvalue weighted by molar-refractivity contribution is 6.67. The molecule has 1 aromatic carbocycles. The maximum absolute atomic E-state index is 11.4. The van der Waals surface area contributed by atoms with Crippen LogP contribution in [0.2, 0.25) is 0 Å². The lowest BCUT2D eigenvalue weighted by Crippen LogP contribution is -2.11. The van der Waals surface area contributed by atoms with Crippen molar-refractivity contribution in [2.24, 2.45) is 0 Å². The molecule has 86 valence electrons. The molecule has 1 rings (SSSR count). The Morgan fingerprint density at radius 3 is 2.56 bits per heavy atom. The molecule has 1 aromatic rings. The van der Waals surface area contributed by atoms with Crippen LogP contribution < -0.4 is 5.32 Å². The maximum atomic E-state index is 11.4. The summed E-state index contributed by atoms with van der Waals surface area (Å²) in [5.41, 5.74) is 1.99. The molecule has 16 heavy (non-hydrogen) atoms. The van der Waals surface area contributed by atoms with Crippen LogP contribution in [0.4, 0.5) is 5.69 Å². The molecule has 0 aliphatic carbocycles. The van der Waals surface area contributed by atoms with E-state index in [0.717, 1.165) is 17.7 Å². The molecule has 4 heteroatoms. The Morgan fingerprint density at radius 2 is 2.06 bits per heavy atom. The van der Waals surface area contributed by atoms with Crippen molar-refractivity contribution in [2.45, 2.75) is 26.7 Å². The summed E-state index contributed by atoms with van der Waals surface area (Å²) in [5.74, 6) is -0.0180. The lowest BCUT2D eigenvalue weighted by molar-refractivity contribution is -0.116. The van der Waals surface area contributed by atoms with Crippen LogP contribution in [0.15, 0.2) is 18.2 Å². The van der Waals surface area contributed by atoms with Gasteiger partial charge in [0.2, 0.25) is 5.91 Å². The van der Waals surface area contributed by atoms with Gasteiger partial charge in [-0.1, -0.05) is 6.92 Å². The Balaban J connectivity index is 2.83. The third kappa shape index (κ3) is 3.35. The van der Waals surface area contributed by atoms with E-state index in [1.165, 1.54) is 0 Å². The molecule has 0 fully saturated rings. The lowest BCUT2D eigenvalue weighted by Gasteiger charge is -2.08. The summed E-state index contributed by atoms with van der Waals surface area (Å²) >= 11 is 5.36. The van der Waals surface area contributed by atoms with Crippen molar-refractivity contribution in [2.75, 3.05) is 5.32 Å². The predicted molar refractivity (Wildman–Crippen MR) is 64.9 cm³/mol. The van der Waals surface area contributed by atoms with Crippen LogP contribution in [0.3, 0.4) is 0 Å². The number of aryl methyl sites for hydroxylation is 1. The second-order valence-electron chi connectivity index (χ2n) is 3.60. The van der Waals surface area contributed by atoms with Crippen molar-refractivity contribution in [3.05, 3.63) is 29.3 Å². The van der Waals surface area contributed by atoms with Gasteiger partial charge in [0.15, 0.2) is 0 Å². The first-order valence-corrected chi connectivity index (χ1v) is 5.52. The van der Waals surface area contributed by atoms with Gasteiger partial charge in [0.05, 0.1) is 0 Å². The Morgan fingerprint density at radius 1 is 1.38 bits per heavy atom. The van der Waals surface area contributed by atoms with Gasteiger partial charge >= 0.3 is 0 Å². The fourth-order valence-electron chi connectivity index (χ4n) is 1.37. The predicted octanol–water partition coefficient (Wildman–Crippen LogP) is 3.11. The first-order chi connectivity index (χ1) is 7.54. The standard InChI is InChI=1S/C12H14ClNO2/c1-3-4-11(15)14-10-6-5-9(12(13)16)7-8(10)2/h5-7H,3-4H2,1-2H3,(H,14,15). The first kappa shape index (κ1) is 12.7. The van der Waals surface area contributed by atoms with Gasteiger partial charge in [0.1, 0.15) is 0 Å². The molecule has 1 N–H and O–H groups in total. The molecular weight excluding hydrogens is 226 g/mol. The molecule has 0 aliphatic rings. The van der Waals surface area contributed by atoms with Gasteiger partial charge < -0.3 is 5.32 Å². The number of hydrogen-bond donors (Lipinski definition) is 1. The fraction of sp³-hybridized carbons (Fsp3) is 0.333. The first-order valence-electron chi connectivity index (χ1n) is 5.15. The molecule has 0 saturated heterocycles. The summed E-state index contributed by atoms with van der Waals surface area (Å²) in [6.45, 7) is 3.77. The van der Waals surface area contributed by atoms with Crippen LogP contribution in [0.1, 0.15) is 35.7 Å². The minimum absolute atomic E-state index is 0.0180. The zero-order valence-electron chi connectivity index (χ0n) is 9.34. The number of rotatable bonds is 4. The summed E-state index contributed by atoms with van der Waals surface area (Å²) in [5, 5.41) is 2.29. The molecular formula is C12H14ClNO2. The van der Waals surface area contributed by atoms with Crippen molar-refractivity contribution in [3.63, 3.8) is 0 Å². The SMILES string of the molecule is CCCC(=O)Nc1ccc(C(=O)Cl)cc1C. The normalized spacial score (nSPS) is 9.94. The molecule has 1 amide bonds. The molecule has 0 bridgehead atoms. The average Bonchev–Trinajstić information content (AvgIpc) is 2.21. The maximum Gasteiger partial charge on any atom is 0.252 e. The summed E-state index contributed by atoms with van der Waals surface area (Å²) in [6.07, 6.45) is 1.30. The Kier molecular flexibility index (Phi) is 4.50. The highest BCUT2D eigenvalue weighted by atomic mass is 35.5. The molecule has 0 unspecified atom stereocenters. The third-order valence-corrected chi connectivity index (χ3v) is 2.42. The van der Waals surface area contributed by atoms with Crippen molar-refractivity contribution < 1.29 is 9.59 Å². The second kappa shape index (κ2) is 5.66. The van der Waals surface area contributed by atoms with E-state index in [1.54, 1.807) is 18.2 Å². The molecule has 0 heterocycles. The van der Waals surface area contributed by atoms with E-state index < -0.39 is 5.24 Å². The van der Waals surface area contributed by atoms with Gasteiger partial charge in [0, 0.05) is 17.7 Å². The molecule has 0 aromatic heterocycles. The molecule has 0 radical (unpaired) electrons. The zero-order valence-corrected chi connectivity index (χ0v) is 10.1. The number of nitrogens with one attached hydrogen (secondary N) is 1.